The number of rotatable bonds is 6. The number of methoxy groups -OCH3 is 1. The SMILES string of the molecule is COC(=O)CN(Cc1cc(F)cc([N+](=O)[O-])c1)C(C)C. The lowest BCUT2D eigenvalue weighted by Gasteiger charge is -2.25. The van der Waals surface area contributed by atoms with Crippen molar-refractivity contribution in [3.63, 3.8) is 0 Å². The van der Waals surface area contributed by atoms with E-state index < -0.39 is 16.7 Å². The molecule has 1 rings (SSSR count). The number of carbonyl (C=O) groups is 1. The molecule has 0 spiro atoms. The van der Waals surface area contributed by atoms with Crippen molar-refractivity contribution in [2.45, 2.75) is 26.4 Å². The zero-order valence-corrected chi connectivity index (χ0v) is 11.6. The summed E-state index contributed by atoms with van der Waals surface area (Å²) in [5.41, 5.74) is 0.135. The van der Waals surface area contributed by atoms with E-state index in [1.54, 1.807) is 4.90 Å². The molecule has 0 aromatic heterocycles. The molecule has 1 aromatic carbocycles. The molecule has 0 saturated heterocycles. The van der Waals surface area contributed by atoms with E-state index in [1.807, 2.05) is 13.8 Å². The zero-order chi connectivity index (χ0) is 15.3. The van der Waals surface area contributed by atoms with Gasteiger partial charge in [-0.3, -0.25) is 19.8 Å². The lowest BCUT2D eigenvalue weighted by atomic mass is 10.1. The number of hydrogen-bond donors (Lipinski definition) is 0. The Hall–Kier alpha value is -2.02. The van der Waals surface area contributed by atoms with Gasteiger partial charge in [0.1, 0.15) is 5.82 Å². The van der Waals surface area contributed by atoms with Gasteiger partial charge in [0.25, 0.3) is 5.69 Å². The number of carbonyl (C=O) groups excluding carboxylic acids is 1. The average molecular weight is 284 g/mol. The smallest absolute Gasteiger partial charge is 0.319 e. The molecule has 0 saturated carbocycles. The van der Waals surface area contributed by atoms with E-state index in [1.165, 1.54) is 19.2 Å². The van der Waals surface area contributed by atoms with Crippen LogP contribution in [0.25, 0.3) is 0 Å². The third-order valence-corrected chi connectivity index (χ3v) is 2.83. The Morgan fingerprint density at radius 1 is 1.45 bits per heavy atom. The van der Waals surface area contributed by atoms with Crippen LogP contribution in [0.2, 0.25) is 0 Å². The van der Waals surface area contributed by atoms with Crippen molar-refractivity contribution in [3.8, 4) is 0 Å². The molecule has 0 N–H and O–H groups in total. The number of hydrogen-bond acceptors (Lipinski definition) is 5. The Morgan fingerprint density at radius 3 is 2.60 bits per heavy atom. The van der Waals surface area contributed by atoms with Gasteiger partial charge < -0.3 is 4.74 Å². The fourth-order valence-electron chi connectivity index (χ4n) is 1.72. The first kappa shape index (κ1) is 16.0. The summed E-state index contributed by atoms with van der Waals surface area (Å²) in [5.74, 6) is -1.08. The third kappa shape index (κ3) is 4.58. The molecule has 0 bridgehead atoms. The molecule has 1 aromatic rings. The molecular formula is C13H17FN2O4. The van der Waals surface area contributed by atoms with Crippen LogP contribution in [0, 0.1) is 15.9 Å². The first-order valence-electron chi connectivity index (χ1n) is 6.08. The number of ether oxygens (including phenoxy) is 1. The topological polar surface area (TPSA) is 72.7 Å². The van der Waals surface area contributed by atoms with Crippen LogP contribution in [0.4, 0.5) is 10.1 Å². The predicted octanol–water partition coefficient (Wildman–Crippen LogP) is 2.12. The van der Waals surface area contributed by atoms with E-state index >= 15 is 0 Å². The Balaban J connectivity index is 2.93. The zero-order valence-electron chi connectivity index (χ0n) is 11.6. The molecular weight excluding hydrogens is 267 g/mol. The molecule has 0 fully saturated rings. The molecule has 0 radical (unpaired) electrons. The molecule has 0 heterocycles. The van der Waals surface area contributed by atoms with Crippen molar-refractivity contribution in [2.75, 3.05) is 13.7 Å². The molecule has 6 nitrogen and oxygen atoms in total. The minimum atomic E-state index is -0.670. The molecule has 0 amide bonds. The first-order valence-corrected chi connectivity index (χ1v) is 6.08. The molecule has 110 valence electrons. The van der Waals surface area contributed by atoms with Crippen LogP contribution in [0.3, 0.4) is 0 Å². The van der Waals surface area contributed by atoms with Crippen molar-refractivity contribution in [1.29, 1.82) is 0 Å². The summed E-state index contributed by atoms with van der Waals surface area (Å²) in [6, 6.07) is 3.40. The predicted molar refractivity (Wildman–Crippen MR) is 70.6 cm³/mol. The third-order valence-electron chi connectivity index (χ3n) is 2.83. The van der Waals surface area contributed by atoms with E-state index in [0.717, 1.165) is 6.07 Å². The minimum absolute atomic E-state index is 0.0106. The highest BCUT2D eigenvalue weighted by atomic mass is 19.1. The van der Waals surface area contributed by atoms with Gasteiger partial charge in [0.05, 0.1) is 24.6 Å². The summed E-state index contributed by atoms with van der Waals surface area (Å²) in [5, 5.41) is 10.7. The maximum atomic E-state index is 13.4. The van der Waals surface area contributed by atoms with Crippen molar-refractivity contribution in [3.05, 3.63) is 39.7 Å². The van der Waals surface area contributed by atoms with Crippen LogP contribution in [0.5, 0.6) is 0 Å². The Bertz CT molecular complexity index is 505. The van der Waals surface area contributed by atoms with Crippen molar-refractivity contribution in [1.82, 2.24) is 4.90 Å². The maximum Gasteiger partial charge on any atom is 0.319 e. The lowest BCUT2D eigenvalue weighted by Crippen LogP contribution is -2.35. The van der Waals surface area contributed by atoms with E-state index in [4.69, 9.17) is 0 Å². The summed E-state index contributed by atoms with van der Waals surface area (Å²) >= 11 is 0. The molecule has 0 aliphatic rings. The second-order valence-corrected chi connectivity index (χ2v) is 4.65. The molecule has 0 atom stereocenters. The second-order valence-electron chi connectivity index (χ2n) is 4.65. The highest BCUT2D eigenvalue weighted by molar-refractivity contribution is 5.71. The van der Waals surface area contributed by atoms with Crippen LogP contribution >= 0.6 is 0 Å². The normalized spacial score (nSPS) is 10.9. The summed E-state index contributed by atoms with van der Waals surface area (Å²) in [6.07, 6.45) is 0. The highest BCUT2D eigenvalue weighted by Gasteiger charge is 2.17. The Labute approximate surface area is 116 Å². The van der Waals surface area contributed by atoms with Crippen molar-refractivity contribution < 1.29 is 18.8 Å². The fourth-order valence-corrected chi connectivity index (χ4v) is 1.72. The summed E-state index contributed by atoms with van der Waals surface area (Å²) in [4.78, 5) is 23.1. The van der Waals surface area contributed by atoms with Crippen LogP contribution in [-0.4, -0.2) is 35.5 Å². The van der Waals surface area contributed by atoms with E-state index in [9.17, 15) is 19.3 Å². The van der Waals surface area contributed by atoms with Crippen LogP contribution in [-0.2, 0) is 16.1 Å². The quantitative estimate of drug-likeness (QED) is 0.454. The molecule has 0 unspecified atom stereocenters. The highest BCUT2D eigenvalue weighted by Crippen LogP contribution is 2.18. The number of nitrogens with zero attached hydrogens (tertiary/aromatic N) is 2. The van der Waals surface area contributed by atoms with Crippen molar-refractivity contribution >= 4 is 11.7 Å². The maximum absolute atomic E-state index is 13.4. The van der Waals surface area contributed by atoms with Gasteiger partial charge >= 0.3 is 5.97 Å². The van der Waals surface area contributed by atoms with Gasteiger partial charge in [-0.05, 0) is 25.5 Å². The summed E-state index contributed by atoms with van der Waals surface area (Å²) < 4.78 is 17.9. The van der Waals surface area contributed by atoms with Gasteiger partial charge in [0.2, 0.25) is 0 Å². The summed E-state index contributed by atoms with van der Waals surface area (Å²) in [6.45, 7) is 4.01. The Morgan fingerprint density at radius 2 is 2.10 bits per heavy atom. The fraction of sp³-hybridized carbons (Fsp3) is 0.462. The number of benzene rings is 1. The molecule has 20 heavy (non-hydrogen) atoms. The van der Waals surface area contributed by atoms with Gasteiger partial charge in [0, 0.05) is 18.7 Å². The number of esters is 1. The Kier molecular flexibility index (Phi) is 5.57. The number of nitro benzene ring substituents is 1. The lowest BCUT2D eigenvalue weighted by molar-refractivity contribution is -0.385. The van der Waals surface area contributed by atoms with E-state index in [0.29, 0.717) is 5.56 Å². The largest absolute Gasteiger partial charge is 0.468 e. The molecule has 0 aliphatic carbocycles. The molecule has 0 aliphatic heterocycles. The van der Waals surface area contributed by atoms with Gasteiger partial charge in [-0.2, -0.15) is 0 Å². The van der Waals surface area contributed by atoms with Gasteiger partial charge in [-0.1, -0.05) is 0 Å². The number of halogens is 1. The van der Waals surface area contributed by atoms with Crippen LogP contribution in [0.1, 0.15) is 19.4 Å². The minimum Gasteiger partial charge on any atom is -0.468 e. The van der Waals surface area contributed by atoms with Gasteiger partial charge in [-0.15, -0.1) is 0 Å². The van der Waals surface area contributed by atoms with E-state index in [-0.39, 0.29) is 24.8 Å². The molecule has 7 heteroatoms. The van der Waals surface area contributed by atoms with Gasteiger partial charge in [0.15, 0.2) is 0 Å². The monoisotopic (exact) mass is 284 g/mol. The van der Waals surface area contributed by atoms with E-state index in [2.05, 4.69) is 4.74 Å². The van der Waals surface area contributed by atoms with Gasteiger partial charge in [-0.25, -0.2) is 4.39 Å². The standard InChI is InChI=1S/C13H17FN2O4/c1-9(2)15(8-13(17)20-3)7-10-4-11(14)6-12(5-10)16(18)19/h4-6,9H,7-8H2,1-3H3. The summed E-state index contributed by atoms with van der Waals surface area (Å²) in [7, 11) is 1.29. The number of non-ortho nitro benzene ring substituents is 1. The first-order chi connectivity index (χ1) is 9.33. The van der Waals surface area contributed by atoms with Crippen molar-refractivity contribution in [2.24, 2.45) is 0 Å². The average Bonchev–Trinajstić information content (AvgIpc) is 2.36. The number of nitro groups is 1. The van der Waals surface area contributed by atoms with Crippen LogP contribution in [0.15, 0.2) is 18.2 Å². The second kappa shape index (κ2) is 6.95. The van der Waals surface area contributed by atoms with Crippen LogP contribution < -0.4 is 0 Å².